The van der Waals surface area contributed by atoms with Crippen LogP contribution >= 0.6 is 0 Å². The Balaban J connectivity index is 1.46. The van der Waals surface area contributed by atoms with Crippen LogP contribution in [-0.4, -0.2) is 44.4 Å². The smallest absolute Gasteiger partial charge is 0.161 e. The van der Waals surface area contributed by atoms with Crippen LogP contribution in [-0.2, 0) is 11.3 Å². The number of piperidine rings is 1. The van der Waals surface area contributed by atoms with Crippen LogP contribution in [0, 0.1) is 5.41 Å². The summed E-state index contributed by atoms with van der Waals surface area (Å²) in [6.07, 6.45) is 6.92. The maximum absolute atomic E-state index is 5.81. The Kier molecular flexibility index (Phi) is 4.20. The van der Waals surface area contributed by atoms with Crippen molar-refractivity contribution in [2.45, 2.75) is 44.8 Å². The van der Waals surface area contributed by atoms with Gasteiger partial charge in [-0.2, -0.15) is 0 Å². The number of methoxy groups -OCH3 is 1. The van der Waals surface area contributed by atoms with Gasteiger partial charge in [-0.1, -0.05) is 12.5 Å². The maximum Gasteiger partial charge on any atom is 0.161 e. The van der Waals surface area contributed by atoms with Gasteiger partial charge in [0.15, 0.2) is 11.5 Å². The van der Waals surface area contributed by atoms with Crippen molar-refractivity contribution < 1.29 is 14.2 Å². The maximum atomic E-state index is 5.81. The van der Waals surface area contributed by atoms with Gasteiger partial charge in [0, 0.05) is 25.6 Å². The molecule has 23 heavy (non-hydrogen) atoms. The molecule has 1 aromatic carbocycles. The third-order valence-corrected chi connectivity index (χ3v) is 5.81. The molecule has 2 aliphatic heterocycles. The summed E-state index contributed by atoms with van der Waals surface area (Å²) < 4.78 is 17.1. The van der Waals surface area contributed by atoms with E-state index in [0.29, 0.717) is 24.7 Å². The highest BCUT2D eigenvalue weighted by Crippen LogP contribution is 2.46. The Hall–Kier alpha value is -1.26. The van der Waals surface area contributed by atoms with Crippen LogP contribution in [0.3, 0.4) is 0 Å². The van der Waals surface area contributed by atoms with Gasteiger partial charge in [0.05, 0.1) is 6.10 Å². The van der Waals surface area contributed by atoms with Crippen LogP contribution in [0.2, 0.25) is 0 Å². The first-order chi connectivity index (χ1) is 11.3. The average molecular weight is 317 g/mol. The Morgan fingerprint density at radius 1 is 1.17 bits per heavy atom. The number of hydrogen-bond donors (Lipinski definition) is 0. The average Bonchev–Trinajstić information content (AvgIpc) is 2.96. The molecule has 4 heteroatoms. The van der Waals surface area contributed by atoms with Gasteiger partial charge in [-0.05, 0) is 49.9 Å². The van der Waals surface area contributed by atoms with E-state index in [1.54, 1.807) is 0 Å². The lowest BCUT2D eigenvalue weighted by Crippen LogP contribution is -2.47. The molecule has 1 aromatic rings. The molecule has 1 saturated heterocycles. The van der Waals surface area contributed by atoms with E-state index in [4.69, 9.17) is 14.2 Å². The lowest BCUT2D eigenvalue weighted by atomic mass is 9.76. The van der Waals surface area contributed by atoms with Crippen molar-refractivity contribution in [2.75, 3.05) is 33.4 Å². The van der Waals surface area contributed by atoms with Gasteiger partial charge < -0.3 is 14.2 Å². The first kappa shape index (κ1) is 15.3. The zero-order valence-corrected chi connectivity index (χ0v) is 14.1. The summed E-state index contributed by atoms with van der Waals surface area (Å²) in [6.45, 7) is 4.65. The van der Waals surface area contributed by atoms with Gasteiger partial charge in [0.1, 0.15) is 13.2 Å². The number of nitrogens with zero attached hydrogens (tertiary/aromatic N) is 1. The molecule has 2 fully saturated rings. The molecule has 1 aliphatic carbocycles. The Labute approximate surface area is 138 Å². The summed E-state index contributed by atoms with van der Waals surface area (Å²) in [7, 11) is 1.89. The third-order valence-electron chi connectivity index (χ3n) is 5.81. The minimum absolute atomic E-state index is 0.390. The highest BCUT2D eigenvalue weighted by Gasteiger charge is 2.45. The number of ether oxygens (including phenoxy) is 3. The van der Waals surface area contributed by atoms with Crippen molar-refractivity contribution in [2.24, 2.45) is 5.41 Å². The second-order valence-electron chi connectivity index (χ2n) is 7.27. The Bertz CT molecular complexity index is 562. The number of likely N-dealkylation sites (tertiary alicyclic amines) is 1. The van der Waals surface area contributed by atoms with Crippen LogP contribution in [0.1, 0.15) is 37.7 Å². The highest BCUT2D eigenvalue weighted by atomic mass is 16.6. The van der Waals surface area contributed by atoms with Crippen molar-refractivity contribution >= 4 is 0 Å². The highest BCUT2D eigenvalue weighted by molar-refractivity contribution is 5.43. The molecular weight excluding hydrogens is 290 g/mol. The van der Waals surface area contributed by atoms with Gasteiger partial charge in [0.25, 0.3) is 0 Å². The first-order valence-electron chi connectivity index (χ1n) is 8.93. The summed E-state index contributed by atoms with van der Waals surface area (Å²) >= 11 is 0. The van der Waals surface area contributed by atoms with Gasteiger partial charge >= 0.3 is 0 Å². The molecule has 0 bridgehead atoms. The fraction of sp³-hybridized carbons (Fsp3) is 0.684. The molecule has 0 unspecified atom stereocenters. The van der Waals surface area contributed by atoms with E-state index < -0.39 is 0 Å². The second-order valence-corrected chi connectivity index (χ2v) is 7.27. The largest absolute Gasteiger partial charge is 0.486 e. The molecule has 4 rings (SSSR count). The van der Waals surface area contributed by atoms with Gasteiger partial charge in [-0.3, -0.25) is 4.90 Å². The summed E-state index contributed by atoms with van der Waals surface area (Å²) in [6, 6.07) is 6.38. The van der Waals surface area contributed by atoms with E-state index in [9.17, 15) is 0 Å². The molecule has 0 aromatic heterocycles. The minimum atomic E-state index is 0.390. The van der Waals surface area contributed by atoms with Crippen molar-refractivity contribution in [3.8, 4) is 11.5 Å². The first-order valence-corrected chi connectivity index (χ1v) is 8.93. The molecule has 4 nitrogen and oxygen atoms in total. The predicted octanol–water partition coefficient (Wildman–Crippen LogP) is 3.24. The van der Waals surface area contributed by atoms with Gasteiger partial charge in [-0.15, -0.1) is 0 Å². The van der Waals surface area contributed by atoms with E-state index in [2.05, 4.69) is 23.1 Å². The van der Waals surface area contributed by atoms with Crippen molar-refractivity contribution in [3.63, 3.8) is 0 Å². The SMILES string of the molecule is CO[C@@H]1CCC[C@]12CCCN(Cc1ccc3c(c1)OCCO3)C2. The molecule has 126 valence electrons. The second kappa shape index (κ2) is 6.33. The molecule has 2 heterocycles. The van der Waals surface area contributed by atoms with Crippen LogP contribution in [0.15, 0.2) is 18.2 Å². The van der Waals surface area contributed by atoms with E-state index in [-0.39, 0.29) is 0 Å². The standard InChI is InChI=1S/C19H27NO3/c1-21-18-4-2-7-19(18)8-3-9-20(14-19)13-15-5-6-16-17(12-15)23-11-10-22-16/h5-6,12,18H,2-4,7-11,13-14H2,1H3/t18-,19-/m1/s1. The summed E-state index contributed by atoms with van der Waals surface area (Å²) in [4.78, 5) is 2.60. The van der Waals surface area contributed by atoms with Crippen molar-refractivity contribution in [3.05, 3.63) is 23.8 Å². The van der Waals surface area contributed by atoms with Crippen LogP contribution in [0.4, 0.5) is 0 Å². The van der Waals surface area contributed by atoms with Crippen LogP contribution < -0.4 is 9.47 Å². The topological polar surface area (TPSA) is 30.9 Å². The van der Waals surface area contributed by atoms with E-state index >= 15 is 0 Å². The van der Waals surface area contributed by atoms with Gasteiger partial charge in [-0.25, -0.2) is 0 Å². The van der Waals surface area contributed by atoms with Crippen molar-refractivity contribution in [1.82, 2.24) is 4.90 Å². The molecule has 0 N–H and O–H groups in total. The van der Waals surface area contributed by atoms with Crippen LogP contribution in [0.5, 0.6) is 11.5 Å². The Morgan fingerprint density at radius 2 is 2.00 bits per heavy atom. The zero-order chi connectivity index (χ0) is 15.7. The normalized spacial score (nSPS) is 30.7. The van der Waals surface area contributed by atoms with E-state index in [1.807, 2.05) is 7.11 Å². The molecule has 3 aliphatic rings. The van der Waals surface area contributed by atoms with Gasteiger partial charge in [0.2, 0.25) is 0 Å². The van der Waals surface area contributed by atoms with Crippen LogP contribution in [0.25, 0.3) is 0 Å². The number of fused-ring (bicyclic) bond motifs is 1. The number of hydrogen-bond acceptors (Lipinski definition) is 4. The minimum Gasteiger partial charge on any atom is -0.486 e. The lowest BCUT2D eigenvalue weighted by molar-refractivity contribution is -0.0366. The molecule has 1 saturated carbocycles. The van der Waals surface area contributed by atoms with E-state index in [1.165, 1.54) is 50.8 Å². The van der Waals surface area contributed by atoms with E-state index in [0.717, 1.165) is 18.0 Å². The molecule has 0 radical (unpaired) electrons. The Morgan fingerprint density at radius 3 is 2.87 bits per heavy atom. The van der Waals surface area contributed by atoms with Crippen molar-refractivity contribution in [1.29, 1.82) is 0 Å². The summed E-state index contributed by atoms with van der Waals surface area (Å²) in [5.41, 5.74) is 1.71. The molecule has 1 spiro atoms. The fourth-order valence-corrected chi connectivity index (χ4v) is 4.78. The lowest BCUT2D eigenvalue weighted by Gasteiger charge is -2.43. The molecule has 2 atom stereocenters. The summed E-state index contributed by atoms with van der Waals surface area (Å²) in [5.74, 6) is 1.78. The molecular formula is C19H27NO3. The zero-order valence-electron chi connectivity index (χ0n) is 14.1. The third kappa shape index (κ3) is 2.94. The monoisotopic (exact) mass is 317 g/mol. The number of rotatable bonds is 3. The molecule has 0 amide bonds. The predicted molar refractivity (Wildman–Crippen MR) is 89.0 cm³/mol. The summed E-state index contributed by atoms with van der Waals surface area (Å²) in [5, 5.41) is 0. The fourth-order valence-electron chi connectivity index (χ4n) is 4.78. The number of benzene rings is 1. The quantitative estimate of drug-likeness (QED) is 0.856.